The van der Waals surface area contributed by atoms with Crippen LogP contribution in [0.3, 0.4) is 0 Å². The average molecular weight is 289 g/mol. The molecule has 3 rings (SSSR count). The molecule has 0 spiro atoms. The van der Waals surface area contributed by atoms with Crippen molar-refractivity contribution < 1.29 is 8.83 Å². The van der Waals surface area contributed by atoms with E-state index in [1.807, 2.05) is 36.4 Å². The summed E-state index contributed by atoms with van der Waals surface area (Å²) in [5.41, 5.74) is 0. The minimum absolute atomic E-state index is 0.613. The van der Waals surface area contributed by atoms with E-state index in [9.17, 15) is 0 Å². The number of aromatic nitrogens is 1. The van der Waals surface area contributed by atoms with Crippen LogP contribution in [-0.4, -0.2) is 4.98 Å². The molecule has 3 aromatic heterocycles. The lowest BCUT2D eigenvalue weighted by molar-refractivity contribution is 0.475. The fourth-order valence-corrected chi connectivity index (χ4v) is 2.07. The summed E-state index contributed by atoms with van der Waals surface area (Å²) >= 11 is 5.88. The highest BCUT2D eigenvalue weighted by Gasteiger charge is 2.12. The minimum atomic E-state index is 0.613. The number of furan rings is 2. The average Bonchev–Trinajstić information content (AvgIpc) is 3.12. The van der Waals surface area contributed by atoms with Gasteiger partial charge < -0.3 is 13.7 Å². The Hall–Kier alpha value is -2.20. The van der Waals surface area contributed by atoms with Gasteiger partial charge in [0.1, 0.15) is 17.3 Å². The van der Waals surface area contributed by atoms with Gasteiger partial charge in [0, 0.05) is 6.20 Å². The van der Waals surface area contributed by atoms with E-state index in [-0.39, 0.29) is 0 Å². The number of anilines is 1. The second-order valence-corrected chi connectivity index (χ2v) is 4.79. The fraction of sp³-hybridized carbons (Fsp3) is 0.133. The largest absolute Gasteiger partial charge is 0.467 e. The Morgan fingerprint density at radius 1 is 0.950 bits per heavy atom. The first-order chi connectivity index (χ1) is 9.81. The third-order valence-corrected chi connectivity index (χ3v) is 3.11. The van der Waals surface area contributed by atoms with Crippen molar-refractivity contribution in [3.8, 4) is 0 Å². The van der Waals surface area contributed by atoms with Crippen LogP contribution in [0.4, 0.5) is 5.82 Å². The molecule has 20 heavy (non-hydrogen) atoms. The second-order valence-electron chi connectivity index (χ2n) is 4.35. The lowest BCUT2D eigenvalue weighted by Crippen LogP contribution is -2.22. The van der Waals surface area contributed by atoms with Gasteiger partial charge in [-0.15, -0.1) is 0 Å². The molecular weight excluding hydrogens is 276 g/mol. The molecule has 0 aliphatic heterocycles. The predicted molar refractivity (Wildman–Crippen MR) is 76.6 cm³/mol. The first-order valence-electron chi connectivity index (χ1n) is 6.22. The summed E-state index contributed by atoms with van der Waals surface area (Å²) in [5.74, 6) is 2.56. The van der Waals surface area contributed by atoms with Gasteiger partial charge in [0.2, 0.25) is 0 Å². The highest BCUT2D eigenvalue weighted by atomic mass is 35.5. The van der Waals surface area contributed by atoms with Crippen LogP contribution < -0.4 is 4.90 Å². The quantitative estimate of drug-likeness (QED) is 0.708. The van der Waals surface area contributed by atoms with Crippen molar-refractivity contribution in [2.24, 2.45) is 0 Å². The lowest BCUT2D eigenvalue weighted by atomic mass is 10.3. The van der Waals surface area contributed by atoms with Crippen LogP contribution in [0, 0.1) is 0 Å². The molecule has 0 aliphatic carbocycles. The SMILES string of the molecule is Clc1ccc(N(Cc2ccco2)Cc2ccco2)nc1. The third-order valence-electron chi connectivity index (χ3n) is 2.89. The van der Waals surface area contributed by atoms with Crippen LogP contribution >= 0.6 is 11.6 Å². The Morgan fingerprint density at radius 2 is 1.60 bits per heavy atom. The molecular formula is C15H13ClN2O2. The number of rotatable bonds is 5. The molecule has 0 bridgehead atoms. The molecule has 3 aromatic rings. The zero-order valence-electron chi connectivity index (χ0n) is 10.7. The van der Waals surface area contributed by atoms with Gasteiger partial charge in [-0.2, -0.15) is 0 Å². The van der Waals surface area contributed by atoms with Crippen molar-refractivity contribution in [3.05, 3.63) is 71.7 Å². The maximum absolute atomic E-state index is 5.88. The standard InChI is InChI=1S/C15H13ClN2O2/c16-12-5-6-15(17-9-12)18(10-13-3-1-7-19-13)11-14-4-2-8-20-14/h1-9H,10-11H2. The van der Waals surface area contributed by atoms with Gasteiger partial charge in [-0.1, -0.05) is 11.6 Å². The fourth-order valence-electron chi connectivity index (χ4n) is 1.95. The van der Waals surface area contributed by atoms with Crippen molar-refractivity contribution in [1.82, 2.24) is 4.98 Å². The van der Waals surface area contributed by atoms with E-state index >= 15 is 0 Å². The minimum Gasteiger partial charge on any atom is -0.467 e. The van der Waals surface area contributed by atoms with Crippen molar-refractivity contribution in [2.45, 2.75) is 13.1 Å². The van der Waals surface area contributed by atoms with Crippen molar-refractivity contribution in [3.63, 3.8) is 0 Å². The third kappa shape index (κ3) is 3.03. The van der Waals surface area contributed by atoms with Crippen LogP contribution in [0.2, 0.25) is 5.02 Å². The molecule has 3 heterocycles. The predicted octanol–water partition coefficient (Wildman–Crippen LogP) is 4.13. The summed E-state index contributed by atoms with van der Waals surface area (Å²) in [6.07, 6.45) is 4.96. The summed E-state index contributed by atoms with van der Waals surface area (Å²) in [6, 6.07) is 11.3. The van der Waals surface area contributed by atoms with E-state index in [1.54, 1.807) is 18.7 Å². The van der Waals surface area contributed by atoms with E-state index < -0.39 is 0 Å². The molecule has 5 heteroatoms. The Kier molecular flexibility index (Phi) is 3.74. The number of nitrogens with zero attached hydrogens (tertiary/aromatic N) is 2. The van der Waals surface area contributed by atoms with E-state index in [2.05, 4.69) is 9.88 Å². The molecule has 0 aliphatic rings. The van der Waals surface area contributed by atoms with Crippen molar-refractivity contribution in [2.75, 3.05) is 4.90 Å². The lowest BCUT2D eigenvalue weighted by Gasteiger charge is -2.21. The van der Waals surface area contributed by atoms with E-state index in [1.165, 1.54) is 0 Å². The van der Waals surface area contributed by atoms with Gasteiger partial charge in [0.05, 0.1) is 30.6 Å². The molecule has 0 aromatic carbocycles. The maximum atomic E-state index is 5.88. The molecule has 0 saturated carbocycles. The maximum Gasteiger partial charge on any atom is 0.129 e. The highest BCUT2D eigenvalue weighted by Crippen LogP contribution is 2.20. The van der Waals surface area contributed by atoms with Crippen LogP contribution in [-0.2, 0) is 13.1 Å². The molecule has 0 atom stereocenters. The van der Waals surface area contributed by atoms with E-state index in [0.29, 0.717) is 18.1 Å². The van der Waals surface area contributed by atoms with Gasteiger partial charge in [-0.3, -0.25) is 0 Å². The molecule has 0 N–H and O–H groups in total. The Labute approximate surface area is 121 Å². The molecule has 0 saturated heterocycles. The van der Waals surface area contributed by atoms with E-state index in [4.69, 9.17) is 20.4 Å². The Bertz CT molecular complexity index is 597. The molecule has 102 valence electrons. The monoisotopic (exact) mass is 288 g/mol. The smallest absolute Gasteiger partial charge is 0.129 e. The van der Waals surface area contributed by atoms with Crippen LogP contribution in [0.15, 0.2) is 64.0 Å². The first-order valence-corrected chi connectivity index (χ1v) is 6.60. The van der Waals surface area contributed by atoms with Crippen molar-refractivity contribution >= 4 is 17.4 Å². The Balaban J connectivity index is 1.84. The summed E-state index contributed by atoms with van der Waals surface area (Å²) in [7, 11) is 0. The summed E-state index contributed by atoms with van der Waals surface area (Å²) < 4.78 is 10.8. The highest BCUT2D eigenvalue weighted by molar-refractivity contribution is 6.30. The number of halogens is 1. The topological polar surface area (TPSA) is 42.4 Å². The van der Waals surface area contributed by atoms with Gasteiger partial charge in [0.25, 0.3) is 0 Å². The molecule has 0 amide bonds. The van der Waals surface area contributed by atoms with Crippen molar-refractivity contribution in [1.29, 1.82) is 0 Å². The normalized spacial score (nSPS) is 10.7. The van der Waals surface area contributed by atoms with E-state index in [0.717, 1.165) is 17.3 Å². The molecule has 0 radical (unpaired) electrons. The van der Waals surface area contributed by atoms with Gasteiger partial charge in [0.15, 0.2) is 0 Å². The van der Waals surface area contributed by atoms with Crippen LogP contribution in [0.25, 0.3) is 0 Å². The number of hydrogen-bond acceptors (Lipinski definition) is 4. The molecule has 4 nitrogen and oxygen atoms in total. The first kappa shape index (κ1) is 12.8. The zero-order chi connectivity index (χ0) is 13.8. The Morgan fingerprint density at radius 3 is 2.05 bits per heavy atom. The van der Waals surface area contributed by atoms with Crippen LogP contribution in [0.5, 0.6) is 0 Å². The number of pyridine rings is 1. The summed E-state index contributed by atoms with van der Waals surface area (Å²) in [6.45, 7) is 1.23. The number of hydrogen-bond donors (Lipinski definition) is 0. The van der Waals surface area contributed by atoms with Gasteiger partial charge in [-0.25, -0.2) is 4.98 Å². The summed E-state index contributed by atoms with van der Waals surface area (Å²) in [4.78, 5) is 6.41. The van der Waals surface area contributed by atoms with Gasteiger partial charge in [-0.05, 0) is 36.4 Å². The van der Waals surface area contributed by atoms with Crippen LogP contribution in [0.1, 0.15) is 11.5 Å². The zero-order valence-corrected chi connectivity index (χ0v) is 11.5. The summed E-state index contributed by atoms with van der Waals surface area (Å²) in [5, 5.41) is 0.615. The second kappa shape index (κ2) is 5.84. The molecule has 0 fully saturated rings. The van der Waals surface area contributed by atoms with Gasteiger partial charge >= 0.3 is 0 Å². The molecule has 0 unspecified atom stereocenters.